The predicted octanol–water partition coefficient (Wildman–Crippen LogP) is 5.06. The van der Waals surface area contributed by atoms with E-state index in [0.717, 1.165) is 32.2 Å². The first-order valence-electron chi connectivity index (χ1n) is 11.6. The minimum absolute atomic E-state index is 0.00725. The van der Waals surface area contributed by atoms with Crippen molar-refractivity contribution in [3.63, 3.8) is 0 Å². The van der Waals surface area contributed by atoms with E-state index in [-0.39, 0.29) is 18.0 Å². The Morgan fingerprint density at radius 1 is 1.17 bits per heavy atom. The van der Waals surface area contributed by atoms with Crippen molar-refractivity contribution in [2.45, 2.75) is 82.9 Å². The molecular weight excluding hydrogens is 360 g/mol. The number of hydrogen-bond donors (Lipinski definition) is 0. The van der Waals surface area contributed by atoms with E-state index in [0.29, 0.717) is 18.0 Å². The number of fused-ring (bicyclic) bond motifs is 2. The summed E-state index contributed by atoms with van der Waals surface area (Å²) in [7, 11) is 2.20. The van der Waals surface area contributed by atoms with Crippen LogP contribution in [0.1, 0.15) is 75.5 Å². The van der Waals surface area contributed by atoms with Gasteiger partial charge in [0, 0.05) is 41.6 Å². The number of carbonyl (C=O) groups is 1. The van der Waals surface area contributed by atoms with E-state index < -0.39 is 0 Å². The van der Waals surface area contributed by atoms with Gasteiger partial charge in [0.1, 0.15) is 6.10 Å². The summed E-state index contributed by atoms with van der Waals surface area (Å²) in [4.78, 5) is 15.4. The molecule has 1 unspecified atom stereocenters. The van der Waals surface area contributed by atoms with Gasteiger partial charge < -0.3 is 14.2 Å². The first-order valence-corrected chi connectivity index (χ1v) is 11.6. The van der Waals surface area contributed by atoms with Gasteiger partial charge in [0.2, 0.25) is 0 Å². The molecule has 0 radical (unpaired) electrons. The molecule has 4 nitrogen and oxygen atoms in total. The van der Waals surface area contributed by atoms with Crippen molar-refractivity contribution in [1.82, 2.24) is 9.47 Å². The third-order valence-electron chi connectivity index (χ3n) is 7.60. The molecule has 2 heterocycles. The Kier molecular flexibility index (Phi) is 4.93. The van der Waals surface area contributed by atoms with Gasteiger partial charge in [-0.3, -0.25) is 4.79 Å². The zero-order valence-corrected chi connectivity index (χ0v) is 18.1. The third kappa shape index (κ3) is 3.30. The molecular formula is C25H34N2O2. The summed E-state index contributed by atoms with van der Waals surface area (Å²) < 4.78 is 8.38. The highest BCUT2D eigenvalue weighted by Crippen LogP contribution is 2.45. The van der Waals surface area contributed by atoms with Gasteiger partial charge in [0.05, 0.1) is 5.92 Å². The monoisotopic (exact) mass is 394 g/mol. The summed E-state index contributed by atoms with van der Waals surface area (Å²) >= 11 is 0. The lowest BCUT2D eigenvalue weighted by molar-refractivity contribution is -0.158. The van der Waals surface area contributed by atoms with Crippen LogP contribution < -0.4 is 0 Å². The topological polar surface area (TPSA) is 34.5 Å². The highest BCUT2D eigenvalue weighted by atomic mass is 16.5. The smallest absolute Gasteiger partial charge is 0.310 e. The number of carbonyl (C=O) groups excluding carboxylic acids is 1. The molecule has 0 N–H and O–H groups in total. The van der Waals surface area contributed by atoms with E-state index in [1.165, 1.54) is 41.3 Å². The number of ether oxygens (including phenoxy) is 1. The standard InChI is InChI=1S/C25H34N2O2/c1-16(2)27-15-17-13-23-21(20-10-7-11-22(27)24(17)20)12-18(14-26(23)3)25(28)29-19-8-5-4-6-9-19/h7,10-11,15-16,18-19,21,23H,4-6,8-9,12-14H2,1-3H3/t18?,21-,23-/m1/s1. The predicted molar refractivity (Wildman–Crippen MR) is 116 cm³/mol. The van der Waals surface area contributed by atoms with Crippen molar-refractivity contribution in [3.8, 4) is 0 Å². The molecule has 1 saturated carbocycles. The summed E-state index contributed by atoms with van der Waals surface area (Å²) in [5, 5.41) is 1.44. The van der Waals surface area contributed by atoms with Crippen LogP contribution in [-0.2, 0) is 16.0 Å². The number of esters is 1. The van der Waals surface area contributed by atoms with Gasteiger partial charge in [-0.2, -0.15) is 0 Å². The fourth-order valence-corrected chi connectivity index (χ4v) is 6.12. The normalized spacial score (nSPS) is 27.9. The van der Waals surface area contributed by atoms with Gasteiger partial charge in [-0.15, -0.1) is 0 Å². The Hall–Kier alpha value is -1.81. The number of benzene rings is 1. The highest BCUT2D eigenvalue weighted by molar-refractivity contribution is 5.89. The van der Waals surface area contributed by atoms with Gasteiger partial charge in [-0.05, 0) is 76.6 Å². The van der Waals surface area contributed by atoms with E-state index in [9.17, 15) is 4.79 Å². The average molecular weight is 395 g/mol. The van der Waals surface area contributed by atoms with Crippen LogP contribution in [0.15, 0.2) is 24.4 Å². The maximum absolute atomic E-state index is 13.0. The average Bonchev–Trinajstić information content (AvgIpc) is 3.10. The lowest BCUT2D eigenvalue weighted by Gasteiger charge is -2.45. The van der Waals surface area contributed by atoms with Crippen molar-refractivity contribution >= 4 is 16.9 Å². The van der Waals surface area contributed by atoms with Gasteiger partial charge in [0.15, 0.2) is 0 Å². The number of rotatable bonds is 3. The summed E-state index contributed by atoms with van der Waals surface area (Å²) in [6.07, 6.45) is 10.3. The van der Waals surface area contributed by atoms with Crippen LogP contribution in [0.4, 0.5) is 0 Å². The second-order valence-corrected chi connectivity index (χ2v) is 9.84. The molecule has 4 heteroatoms. The van der Waals surface area contributed by atoms with Crippen LogP contribution in [0.3, 0.4) is 0 Å². The van der Waals surface area contributed by atoms with Crippen molar-refractivity contribution in [2.75, 3.05) is 13.6 Å². The van der Waals surface area contributed by atoms with Crippen LogP contribution >= 0.6 is 0 Å². The van der Waals surface area contributed by atoms with E-state index in [1.54, 1.807) is 0 Å². The molecule has 2 aromatic rings. The molecule has 2 aliphatic carbocycles. The Morgan fingerprint density at radius 3 is 2.72 bits per heavy atom. The molecule has 0 amide bonds. The van der Waals surface area contributed by atoms with Crippen LogP contribution in [0.5, 0.6) is 0 Å². The van der Waals surface area contributed by atoms with E-state index >= 15 is 0 Å². The fourth-order valence-electron chi connectivity index (χ4n) is 6.12. The summed E-state index contributed by atoms with van der Waals surface area (Å²) in [5.41, 5.74) is 4.26. The zero-order chi connectivity index (χ0) is 20.1. The molecule has 29 heavy (non-hydrogen) atoms. The Bertz CT molecular complexity index is 909. The van der Waals surface area contributed by atoms with Crippen LogP contribution in [0, 0.1) is 5.92 Å². The quantitative estimate of drug-likeness (QED) is 0.683. The third-order valence-corrected chi connectivity index (χ3v) is 7.60. The Morgan fingerprint density at radius 2 is 1.97 bits per heavy atom. The Labute approximate surface area is 174 Å². The molecule has 5 rings (SSSR count). The summed E-state index contributed by atoms with van der Waals surface area (Å²) in [6, 6.07) is 7.69. The maximum atomic E-state index is 13.0. The van der Waals surface area contributed by atoms with E-state index in [1.807, 2.05) is 0 Å². The maximum Gasteiger partial charge on any atom is 0.310 e. The van der Waals surface area contributed by atoms with Crippen molar-refractivity contribution < 1.29 is 9.53 Å². The fraction of sp³-hybridized carbons (Fsp3) is 0.640. The molecule has 1 aromatic carbocycles. The number of aromatic nitrogens is 1. The molecule has 1 aliphatic heterocycles. The SMILES string of the molecule is CC(C)n1cc2c3c(cccc31)[C@H]1CC(C(=O)OC3CCCCC3)CN(C)[C@@H]1C2. The number of likely N-dealkylation sites (tertiary alicyclic amines) is 1. The van der Waals surface area contributed by atoms with Gasteiger partial charge in [0.25, 0.3) is 0 Å². The number of hydrogen-bond acceptors (Lipinski definition) is 3. The number of piperidine rings is 1. The molecule has 156 valence electrons. The van der Waals surface area contributed by atoms with Crippen molar-refractivity contribution in [3.05, 3.63) is 35.5 Å². The highest BCUT2D eigenvalue weighted by Gasteiger charge is 2.42. The first kappa shape index (κ1) is 19.2. The minimum Gasteiger partial charge on any atom is -0.462 e. The van der Waals surface area contributed by atoms with Crippen LogP contribution in [0.2, 0.25) is 0 Å². The molecule has 3 aliphatic rings. The molecule has 0 bridgehead atoms. The largest absolute Gasteiger partial charge is 0.462 e. The number of nitrogens with zero attached hydrogens (tertiary/aromatic N) is 2. The van der Waals surface area contributed by atoms with E-state index in [2.05, 4.69) is 54.8 Å². The lowest BCUT2D eigenvalue weighted by atomic mass is 9.72. The number of likely N-dealkylation sites (N-methyl/N-ethyl adjacent to an activating group) is 1. The molecule has 0 spiro atoms. The lowest BCUT2D eigenvalue weighted by Crippen LogP contribution is -2.50. The minimum atomic E-state index is -0.00725. The van der Waals surface area contributed by atoms with Crippen molar-refractivity contribution in [2.24, 2.45) is 5.92 Å². The van der Waals surface area contributed by atoms with Crippen molar-refractivity contribution in [1.29, 1.82) is 0 Å². The van der Waals surface area contributed by atoms with Gasteiger partial charge in [-0.25, -0.2) is 0 Å². The molecule has 1 saturated heterocycles. The first-order chi connectivity index (χ1) is 14.0. The molecule has 1 aromatic heterocycles. The summed E-state index contributed by atoms with van der Waals surface area (Å²) in [5.74, 6) is 0.448. The summed E-state index contributed by atoms with van der Waals surface area (Å²) in [6.45, 7) is 5.33. The molecule has 3 atom stereocenters. The van der Waals surface area contributed by atoms with Gasteiger partial charge in [-0.1, -0.05) is 18.6 Å². The Balaban J connectivity index is 1.43. The molecule has 2 fully saturated rings. The van der Waals surface area contributed by atoms with Crippen LogP contribution in [0.25, 0.3) is 10.9 Å². The second-order valence-electron chi connectivity index (χ2n) is 9.84. The van der Waals surface area contributed by atoms with Gasteiger partial charge >= 0.3 is 5.97 Å². The second kappa shape index (κ2) is 7.46. The van der Waals surface area contributed by atoms with E-state index in [4.69, 9.17) is 4.74 Å². The van der Waals surface area contributed by atoms with Crippen LogP contribution in [-0.4, -0.2) is 41.2 Å². The zero-order valence-electron chi connectivity index (χ0n) is 18.1.